The van der Waals surface area contributed by atoms with Crippen LogP contribution >= 0.6 is 0 Å². The lowest BCUT2D eigenvalue weighted by atomic mass is 9.77. The van der Waals surface area contributed by atoms with Gasteiger partial charge in [-0.2, -0.15) is 0 Å². The molecule has 150 valence electrons. The van der Waals surface area contributed by atoms with E-state index < -0.39 is 0 Å². The van der Waals surface area contributed by atoms with Crippen molar-refractivity contribution in [2.75, 3.05) is 6.61 Å². The van der Waals surface area contributed by atoms with E-state index in [-0.39, 0.29) is 6.10 Å². The molecule has 0 fully saturated rings. The number of aliphatic hydroxyl groups is 1. The summed E-state index contributed by atoms with van der Waals surface area (Å²) in [7, 11) is 0. The maximum Gasteiger partial charge on any atom is 0.0949 e. The summed E-state index contributed by atoms with van der Waals surface area (Å²) in [6.07, 6.45) is 15.1. The van der Waals surface area contributed by atoms with Crippen LogP contribution in [0.4, 0.5) is 0 Å². The van der Waals surface area contributed by atoms with Crippen LogP contribution in [0.5, 0.6) is 0 Å². The fraction of sp³-hybridized carbons (Fsp3) is 0.833. The SMILES string of the molecule is CCCCC1=C(C)CCC(C(O)CCC2CC=C(C)C(CCC)C2)CO1. The van der Waals surface area contributed by atoms with E-state index in [1.807, 2.05) is 0 Å². The highest BCUT2D eigenvalue weighted by Gasteiger charge is 2.26. The Morgan fingerprint density at radius 2 is 2.00 bits per heavy atom. The summed E-state index contributed by atoms with van der Waals surface area (Å²) in [5, 5.41) is 10.8. The Labute approximate surface area is 162 Å². The molecule has 1 heterocycles. The number of aliphatic hydroxyl groups excluding tert-OH is 1. The van der Waals surface area contributed by atoms with Crippen LogP contribution in [-0.4, -0.2) is 17.8 Å². The fourth-order valence-electron chi connectivity index (χ4n) is 4.66. The van der Waals surface area contributed by atoms with Gasteiger partial charge in [-0.3, -0.25) is 0 Å². The molecule has 4 atom stereocenters. The molecule has 1 aliphatic carbocycles. The highest BCUT2D eigenvalue weighted by Crippen LogP contribution is 2.35. The molecule has 1 aliphatic heterocycles. The smallest absolute Gasteiger partial charge is 0.0949 e. The summed E-state index contributed by atoms with van der Waals surface area (Å²) in [6, 6.07) is 0. The molecular formula is C24H42O2. The van der Waals surface area contributed by atoms with Crippen molar-refractivity contribution in [1.29, 1.82) is 0 Å². The third-order valence-corrected chi connectivity index (χ3v) is 6.68. The summed E-state index contributed by atoms with van der Waals surface area (Å²) in [4.78, 5) is 0. The van der Waals surface area contributed by atoms with E-state index in [0.29, 0.717) is 12.5 Å². The minimum atomic E-state index is -0.204. The highest BCUT2D eigenvalue weighted by molar-refractivity contribution is 5.09. The summed E-state index contributed by atoms with van der Waals surface area (Å²) >= 11 is 0. The first-order valence-electron chi connectivity index (χ1n) is 11.2. The third-order valence-electron chi connectivity index (χ3n) is 6.68. The second-order valence-electron chi connectivity index (χ2n) is 8.83. The zero-order valence-electron chi connectivity index (χ0n) is 17.7. The van der Waals surface area contributed by atoms with Gasteiger partial charge in [0.1, 0.15) is 0 Å². The molecule has 2 aliphatic rings. The predicted octanol–water partition coefficient (Wildman–Crippen LogP) is 6.79. The number of allylic oxidation sites excluding steroid dienone is 4. The molecule has 0 aromatic rings. The second kappa shape index (κ2) is 11.2. The Hall–Kier alpha value is -0.760. The molecule has 26 heavy (non-hydrogen) atoms. The van der Waals surface area contributed by atoms with Crippen LogP contribution in [0, 0.1) is 17.8 Å². The van der Waals surface area contributed by atoms with E-state index in [2.05, 4.69) is 33.8 Å². The van der Waals surface area contributed by atoms with Gasteiger partial charge in [0.15, 0.2) is 0 Å². The maximum absolute atomic E-state index is 10.8. The van der Waals surface area contributed by atoms with Gasteiger partial charge in [0, 0.05) is 12.3 Å². The van der Waals surface area contributed by atoms with Gasteiger partial charge in [-0.25, -0.2) is 0 Å². The fourth-order valence-corrected chi connectivity index (χ4v) is 4.66. The number of hydrogen-bond donors (Lipinski definition) is 1. The van der Waals surface area contributed by atoms with Gasteiger partial charge in [-0.1, -0.05) is 38.3 Å². The van der Waals surface area contributed by atoms with E-state index >= 15 is 0 Å². The average Bonchev–Trinajstić information content (AvgIpc) is 2.82. The molecule has 1 N–H and O–H groups in total. The van der Waals surface area contributed by atoms with Crippen LogP contribution in [0.25, 0.3) is 0 Å². The Bertz CT molecular complexity index is 477. The van der Waals surface area contributed by atoms with Crippen LogP contribution in [0.3, 0.4) is 0 Å². The molecule has 2 heteroatoms. The van der Waals surface area contributed by atoms with Crippen molar-refractivity contribution >= 4 is 0 Å². The summed E-state index contributed by atoms with van der Waals surface area (Å²) < 4.78 is 6.12. The van der Waals surface area contributed by atoms with Gasteiger partial charge in [-0.05, 0) is 82.6 Å². The van der Waals surface area contributed by atoms with Crippen LogP contribution < -0.4 is 0 Å². The highest BCUT2D eigenvalue weighted by atomic mass is 16.5. The van der Waals surface area contributed by atoms with Crippen LogP contribution in [-0.2, 0) is 4.74 Å². The zero-order valence-corrected chi connectivity index (χ0v) is 17.7. The van der Waals surface area contributed by atoms with Crippen molar-refractivity contribution in [3.8, 4) is 0 Å². The molecule has 0 amide bonds. The average molecular weight is 363 g/mol. The largest absolute Gasteiger partial charge is 0.498 e. The zero-order chi connectivity index (χ0) is 18.9. The maximum atomic E-state index is 10.8. The molecule has 0 radical (unpaired) electrons. The lowest BCUT2D eigenvalue weighted by Gasteiger charge is -2.30. The monoisotopic (exact) mass is 362 g/mol. The van der Waals surface area contributed by atoms with E-state index in [0.717, 1.165) is 43.9 Å². The number of ether oxygens (including phenoxy) is 1. The quantitative estimate of drug-likeness (QED) is 0.457. The first-order chi connectivity index (χ1) is 12.5. The molecule has 4 unspecified atom stereocenters. The van der Waals surface area contributed by atoms with Gasteiger partial charge in [-0.15, -0.1) is 0 Å². The number of hydrogen-bond acceptors (Lipinski definition) is 2. The van der Waals surface area contributed by atoms with Gasteiger partial charge in [0.2, 0.25) is 0 Å². The number of unbranched alkanes of at least 4 members (excludes halogenated alkanes) is 1. The molecule has 0 bridgehead atoms. The van der Waals surface area contributed by atoms with Crippen molar-refractivity contribution in [1.82, 2.24) is 0 Å². The van der Waals surface area contributed by atoms with Crippen molar-refractivity contribution in [3.05, 3.63) is 23.0 Å². The molecule has 0 saturated carbocycles. The Kier molecular flexibility index (Phi) is 9.25. The van der Waals surface area contributed by atoms with Crippen LogP contribution in [0.1, 0.15) is 98.3 Å². The van der Waals surface area contributed by atoms with Crippen LogP contribution in [0.15, 0.2) is 23.0 Å². The van der Waals surface area contributed by atoms with Crippen molar-refractivity contribution in [2.24, 2.45) is 17.8 Å². The van der Waals surface area contributed by atoms with Gasteiger partial charge < -0.3 is 9.84 Å². The molecule has 0 saturated heterocycles. The van der Waals surface area contributed by atoms with Crippen molar-refractivity contribution < 1.29 is 9.84 Å². The lowest BCUT2D eigenvalue weighted by molar-refractivity contribution is 0.0417. The minimum absolute atomic E-state index is 0.204. The van der Waals surface area contributed by atoms with Crippen molar-refractivity contribution in [3.63, 3.8) is 0 Å². The molecule has 0 spiro atoms. The van der Waals surface area contributed by atoms with Gasteiger partial charge in [0.25, 0.3) is 0 Å². The van der Waals surface area contributed by atoms with Crippen molar-refractivity contribution in [2.45, 2.75) is 104 Å². The molecule has 0 aromatic carbocycles. The van der Waals surface area contributed by atoms with E-state index in [4.69, 9.17) is 4.74 Å². The standard InChI is InChI=1S/C24H42O2/c1-5-7-9-24-19(4)11-14-22(17-26-24)23(25)15-13-20-12-10-18(3)21(16-20)8-6-2/h10,20-23,25H,5-9,11-17H2,1-4H3. The van der Waals surface area contributed by atoms with E-state index in [1.165, 1.54) is 49.9 Å². The van der Waals surface area contributed by atoms with Crippen LogP contribution in [0.2, 0.25) is 0 Å². The van der Waals surface area contributed by atoms with E-state index in [9.17, 15) is 5.11 Å². The summed E-state index contributed by atoms with van der Waals surface area (Å²) in [6.45, 7) is 9.74. The lowest BCUT2D eigenvalue weighted by Crippen LogP contribution is -2.25. The first kappa shape index (κ1) is 21.5. The molecular weight excluding hydrogens is 320 g/mol. The Morgan fingerprint density at radius 1 is 1.19 bits per heavy atom. The normalized spacial score (nSPS) is 28.3. The number of rotatable bonds is 9. The minimum Gasteiger partial charge on any atom is -0.498 e. The third kappa shape index (κ3) is 6.44. The summed E-state index contributed by atoms with van der Waals surface area (Å²) in [5.41, 5.74) is 3.01. The Balaban J connectivity index is 1.77. The second-order valence-corrected chi connectivity index (χ2v) is 8.83. The predicted molar refractivity (Wildman–Crippen MR) is 111 cm³/mol. The molecule has 2 nitrogen and oxygen atoms in total. The summed E-state index contributed by atoms with van der Waals surface area (Å²) in [5.74, 6) is 3.05. The van der Waals surface area contributed by atoms with E-state index in [1.54, 1.807) is 5.57 Å². The molecule has 0 aromatic heterocycles. The van der Waals surface area contributed by atoms with Gasteiger partial charge >= 0.3 is 0 Å². The molecule has 2 rings (SSSR count). The topological polar surface area (TPSA) is 29.5 Å². The Morgan fingerprint density at radius 3 is 2.73 bits per heavy atom. The van der Waals surface area contributed by atoms with Gasteiger partial charge in [0.05, 0.1) is 18.5 Å². The first-order valence-corrected chi connectivity index (χ1v) is 11.2.